The van der Waals surface area contributed by atoms with E-state index in [0.717, 1.165) is 13.1 Å². The summed E-state index contributed by atoms with van der Waals surface area (Å²) in [7, 11) is 0. The smallest absolute Gasteiger partial charge is 0.320 e. The minimum Gasteiger partial charge on any atom is -0.481 e. The minimum atomic E-state index is -0.711. The molecule has 2 aliphatic rings. The number of nitrogens with zero attached hydrogens (tertiary/aromatic N) is 2. The van der Waals surface area contributed by atoms with E-state index in [9.17, 15) is 14.7 Å². The van der Waals surface area contributed by atoms with Crippen LogP contribution >= 0.6 is 0 Å². The zero-order valence-corrected chi connectivity index (χ0v) is 13.5. The molecular formula is C16H28N2O3. The third-order valence-electron chi connectivity index (χ3n) is 5.26. The first-order chi connectivity index (χ1) is 9.88. The molecule has 0 spiro atoms. The van der Waals surface area contributed by atoms with Gasteiger partial charge in [0.25, 0.3) is 0 Å². The number of carboxylic acids is 1. The Morgan fingerprint density at radius 1 is 1.10 bits per heavy atom. The monoisotopic (exact) mass is 296 g/mol. The fourth-order valence-corrected chi connectivity index (χ4v) is 3.86. The van der Waals surface area contributed by atoms with Crippen LogP contribution in [-0.4, -0.2) is 53.1 Å². The van der Waals surface area contributed by atoms with Crippen LogP contribution in [-0.2, 0) is 4.79 Å². The molecular weight excluding hydrogens is 268 g/mol. The highest BCUT2D eigenvalue weighted by Crippen LogP contribution is 2.35. The maximum atomic E-state index is 12.6. The van der Waals surface area contributed by atoms with E-state index in [2.05, 4.69) is 13.8 Å². The molecule has 2 amide bonds. The van der Waals surface area contributed by atoms with Crippen LogP contribution in [0.2, 0.25) is 0 Å². The van der Waals surface area contributed by atoms with Gasteiger partial charge in [-0.05, 0) is 37.5 Å². The number of hydrogen-bond donors (Lipinski definition) is 1. The van der Waals surface area contributed by atoms with Crippen LogP contribution < -0.4 is 0 Å². The van der Waals surface area contributed by atoms with Gasteiger partial charge in [-0.2, -0.15) is 0 Å². The molecule has 0 aliphatic carbocycles. The van der Waals surface area contributed by atoms with Crippen molar-refractivity contribution in [3.8, 4) is 0 Å². The maximum absolute atomic E-state index is 12.6. The number of amides is 2. The number of carbonyl (C=O) groups excluding carboxylic acids is 1. The summed E-state index contributed by atoms with van der Waals surface area (Å²) in [5.74, 6) is 0.393. The van der Waals surface area contributed by atoms with E-state index >= 15 is 0 Å². The Labute approximate surface area is 127 Å². The Morgan fingerprint density at radius 3 is 2.05 bits per heavy atom. The Morgan fingerprint density at radius 2 is 1.62 bits per heavy atom. The van der Waals surface area contributed by atoms with Crippen molar-refractivity contribution >= 4 is 12.0 Å². The van der Waals surface area contributed by atoms with Crippen molar-refractivity contribution in [2.75, 3.05) is 26.2 Å². The predicted octanol–water partition coefficient (Wildman–Crippen LogP) is 2.66. The van der Waals surface area contributed by atoms with Crippen LogP contribution in [0.3, 0.4) is 0 Å². The summed E-state index contributed by atoms with van der Waals surface area (Å²) in [4.78, 5) is 27.9. The van der Waals surface area contributed by atoms with Crippen molar-refractivity contribution < 1.29 is 14.7 Å². The van der Waals surface area contributed by atoms with Gasteiger partial charge in [0, 0.05) is 26.2 Å². The lowest BCUT2D eigenvalue weighted by molar-refractivity contribution is -0.152. The SMILES string of the molecule is CCC1(C(=O)O)CCN(C(=O)N2CC(C)CC(C)C2)CC1. The second kappa shape index (κ2) is 6.24. The van der Waals surface area contributed by atoms with E-state index in [1.165, 1.54) is 6.42 Å². The van der Waals surface area contributed by atoms with E-state index in [0.29, 0.717) is 44.2 Å². The Hall–Kier alpha value is -1.26. The first kappa shape index (κ1) is 16.1. The Balaban J connectivity index is 1.95. The normalized spacial score (nSPS) is 29.3. The van der Waals surface area contributed by atoms with Crippen molar-refractivity contribution in [1.29, 1.82) is 0 Å². The van der Waals surface area contributed by atoms with Crippen LogP contribution in [0.25, 0.3) is 0 Å². The van der Waals surface area contributed by atoms with Crippen LogP contribution in [0.4, 0.5) is 4.79 Å². The molecule has 0 radical (unpaired) electrons. The second-order valence-corrected chi connectivity index (χ2v) is 7.06. The zero-order chi connectivity index (χ0) is 15.6. The number of carboxylic acid groups (broad SMARTS) is 1. The third-order valence-corrected chi connectivity index (χ3v) is 5.26. The summed E-state index contributed by atoms with van der Waals surface area (Å²) >= 11 is 0. The van der Waals surface area contributed by atoms with Gasteiger partial charge in [0.15, 0.2) is 0 Å². The maximum Gasteiger partial charge on any atom is 0.320 e. The summed E-state index contributed by atoms with van der Waals surface area (Å²) in [6.07, 6.45) is 2.97. The summed E-state index contributed by atoms with van der Waals surface area (Å²) in [5, 5.41) is 9.42. The molecule has 0 saturated carbocycles. The third kappa shape index (κ3) is 3.33. The van der Waals surface area contributed by atoms with Crippen molar-refractivity contribution in [3.63, 3.8) is 0 Å². The molecule has 2 fully saturated rings. The van der Waals surface area contributed by atoms with Crippen molar-refractivity contribution in [2.24, 2.45) is 17.3 Å². The lowest BCUT2D eigenvalue weighted by Crippen LogP contribution is -2.53. The van der Waals surface area contributed by atoms with Gasteiger partial charge < -0.3 is 14.9 Å². The summed E-state index contributed by atoms with van der Waals surface area (Å²) in [6.45, 7) is 9.11. The van der Waals surface area contributed by atoms with Crippen LogP contribution in [0.5, 0.6) is 0 Å². The van der Waals surface area contributed by atoms with E-state index in [4.69, 9.17) is 0 Å². The van der Waals surface area contributed by atoms with Gasteiger partial charge in [-0.1, -0.05) is 20.8 Å². The van der Waals surface area contributed by atoms with E-state index in [1.54, 1.807) is 0 Å². The molecule has 0 bridgehead atoms. The molecule has 5 heteroatoms. The fourth-order valence-electron chi connectivity index (χ4n) is 3.86. The lowest BCUT2D eigenvalue weighted by atomic mass is 9.76. The van der Waals surface area contributed by atoms with Crippen molar-refractivity contribution in [3.05, 3.63) is 0 Å². The number of hydrogen-bond acceptors (Lipinski definition) is 2. The summed E-state index contributed by atoms with van der Waals surface area (Å²) in [6, 6.07) is 0.100. The Kier molecular flexibility index (Phi) is 4.79. The number of aliphatic carboxylic acids is 1. The average molecular weight is 296 g/mol. The number of piperidine rings is 2. The largest absolute Gasteiger partial charge is 0.481 e. The van der Waals surface area contributed by atoms with E-state index < -0.39 is 11.4 Å². The highest BCUT2D eigenvalue weighted by Gasteiger charge is 2.41. The fraction of sp³-hybridized carbons (Fsp3) is 0.875. The molecule has 0 aromatic carbocycles. The van der Waals surface area contributed by atoms with Crippen LogP contribution in [0.15, 0.2) is 0 Å². The molecule has 2 aliphatic heterocycles. The van der Waals surface area contributed by atoms with Gasteiger partial charge >= 0.3 is 12.0 Å². The van der Waals surface area contributed by atoms with E-state index in [1.807, 2.05) is 16.7 Å². The number of likely N-dealkylation sites (tertiary alicyclic amines) is 2. The van der Waals surface area contributed by atoms with Crippen LogP contribution in [0.1, 0.15) is 46.5 Å². The lowest BCUT2D eigenvalue weighted by Gasteiger charge is -2.42. The minimum absolute atomic E-state index is 0.100. The van der Waals surface area contributed by atoms with Gasteiger partial charge in [0.05, 0.1) is 5.41 Å². The molecule has 0 aromatic rings. The summed E-state index contributed by atoms with van der Waals surface area (Å²) < 4.78 is 0. The predicted molar refractivity (Wildman–Crippen MR) is 81.1 cm³/mol. The standard InChI is InChI=1S/C16H28N2O3/c1-4-16(14(19)20)5-7-17(8-6-16)15(21)18-10-12(2)9-13(3)11-18/h12-13H,4-11H2,1-3H3,(H,19,20). The first-order valence-corrected chi connectivity index (χ1v) is 8.15. The Bertz CT molecular complexity index is 392. The van der Waals surface area contributed by atoms with Gasteiger partial charge in [-0.15, -0.1) is 0 Å². The molecule has 21 heavy (non-hydrogen) atoms. The molecule has 0 aromatic heterocycles. The van der Waals surface area contributed by atoms with Crippen molar-refractivity contribution in [2.45, 2.75) is 46.5 Å². The average Bonchev–Trinajstić information content (AvgIpc) is 2.45. The highest BCUT2D eigenvalue weighted by molar-refractivity contribution is 5.77. The van der Waals surface area contributed by atoms with Gasteiger partial charge in [-0.25, -0.2) is 4.79 Å². The molecule has 5 nitrogen and oxygen atoms in total. The van der Waals surface area contributed by atoms with Gasteiger partial charge in [-0.3, -0.25) is 4.79 Å². The van der Waals surface area contributed by atoms with E-state index in [-0.39, 0.29) is 6.03 Å². The first-order valence-electron chi connectivity index (χ1n) is 8.15. The number of urea groups is 1. The van der Waals surface area contributed by atoms with Gasteiger partial charge in [0.1, 0.15) is 0 Å². The molecule has 2 saturated heterocycles. The topological polar surface area (TPSA) is 60.9 Å². The molecule has 2 atom stereocenters. The molecule has 2 heterocycles. The highest BCUT2D eigenvalue weighted by atomic mass is 16.4. The van der Waals surface area contributed by atoms with Crippen molar-refractivity contribution in [1.82, 2.24) is 9.80 Å². The molecule has 120 valence electrons. The summed E-state index contributed by atoms with van der Waals surface area (Å²) in [5.41, 5.74) is -0.626. The second-order valence-electron chi connectivity index (χ2n) is 7.06. The molecule has 2 rings (SSSR count). The number of carbonyl (C=O) groups is 2. The number of rotatable bonds is 2. The van der Waals surface area contributed by atoms with Gasteiger partial charge in [0.2, 0.25) is 0 Å². The van der Waals surface area contributed by atoms with Crippen LogP contribution in [0, 0.1) is 17.3 Å². The quantitative estimate of drug-likeness (QED) is 0.852. The molecule has 1 N–H and O–H groups in total. The molecule has 2 unspecified atom stereocenters. The zero-order valence-electron chi connectivity index (χ0n) is 13.5.